The Morgan fingerprint density at radius 2 is 1.88 bits per heavy atom. The van der Waals surface area contributed by atoms with Gasteiger partial charge in [0.25, 0.3) is 0 Å². The van der Waals surface area contributed by atoms with Gasteiger partial charge in [0, 0.05) is 35.6 Å². The van der Waals surface area contributed by atoms with Crippen molar-refractivity contribution >= 4 is 16.8 Å². The van der Waals surface area contributed by atoms with Crippen molar-refractivity contribution < 1.29 is 14.3 Å². The summed E-state index contributed by atoms with van der Waals surface area (Å²) in [6.45, 7) is 0.423. The first-order chi connectivity index (χ1) is 12.7. The smallest absolute Gasteiger partial charge is 0.220 e. The molecule has 0 saturated heterocycles. The minimum atomic E-state index is 0.0368. The maximum Gasteiger partial charge on any atom is 0.220 e. The van der Waals surface area contributed by atoms with E-state index in [1.54, 1.807) is 14.2 Å². The third-order valence-electron chi connectivity index (χ3n) is 4.49. The molecular weight excluding hydrogens is 328 g/mol. The van der Waals surface area contributed by atoms with Crippen LogP contribution >= 0.6 is 0 Å². The van der Waals surface area contributed by atoms with E-state index in [1.807, 2.05) is 36.5 Å². The number of carbonyl (C=O) groups is 1. The third kappa shape index (κ3) is 3.99. The molecule has 1 amide bonds. The van der Waals surface area contributed by atoms with Gasteiger partial charge in [0.05, 0.1) is 14.2 Å². The second-order valence-corrected chi connectivity index (χ2v) is 6.14. The number of hydrogen-bond acceptors (Lipinski definition) is 3. The highest BCUT2D eigenvalue weighted by Crippen LogP contribution is 2.30. The summed E-state index contributed by atoms with van der Waals surface area (Å²) in [5.41, 5.74) is 3.29. The Balaban J connectivity index is 1.51. The minimum absolute atomic E-state index is 0.0368. The van der Waals surface area contributed by atoms with Gasteiger partial charge in [-0.1, -0.05) is 30.3 Å². The zero-order chi connectivity index (χ0) is 18.4. The Bertz CT molecular complexity index is 886. The number of amides is 1. The van der Waals surface area contributed by atoms with Crippen LogP contribution in [0.15, 0.2) is 48.7 Å². The van der Waals surface area contributed by atoms with E-state index in [2.05, 4.69) is 22.4 Å². The number of ether oxygens (including phenoxy) is 2. The van der Waals surface area contributed by atoms with Crippen LogP contribution in [0.2, 0.25) is 0 Å². The van der Waals surface area contributed by atoms with E-state index in [1.165, 1.54) is 10.9 Å². The molecule has 0 unspecified atom stereocenters. The number of aryl methyl sites for hydroxylation is 1. The van der Waals surface area contributed by atoms with Gasteiger partial charge >= 0.3 is 0 Å². The number of benzene rings is 2. The van der Waals surface area contributed by atoms with Crippen LogP contribution in [0.5, 0.6) is 11.5 Å². The number of methoxy groups -OCH3 is 2. The molecule has 1 heterocycles. The van der Waals surface area contributed by atoms with Crippen LogP contribution < -0.4 is 14.8 Å². The molecule has 5 heteroatoms. The molecule has 2 N–H and O–H groups in total. The van der Waals surface area contributed by atoms with Gasteiger partial charge in [0.1, 0.15) is 0 Å². The largest absolute Gasteiger partial charge is 0.493 e. The summed E-state index contributed by atoms with van der Waals surface area (Å²) in [6, 6.07) is 13.9. The molecule has 26 heavy (non-hydrogen) atoms. The van der Waals surface area contributed by atoms with Crippen LogP contribution in [0, 0.1) is 0 Å². The van der Waals surface area contributed by atoms with Gasteiger partial charge in [0.15, 0.2) is 11.5 Å². The van der Waals surface area contributed by atoms with Gasteiger partial charge in [-0.15, -0.1) is 0 Å². The van der Waals surface area contributed by atoms with Crippen molar-refractivity contribution in [2.45, 2.75) is 25.8 Å². The molecule has 0 spiro atoms. The molecule has 1 aromatic heterocycles. The van der Waals surface area contributed by atoms with Crippen molar-refractivity contribution in [1.82, 2.24) is 10.3 Å². The second-order valence-electron chi connectivity index (χ2n) is 6.14. The molecule has 0 radical (unpaired) electrons. The lowest BCUT2D eigenvalue weighted by Gasteiger charge is -2.13. The van der Waals surface area contributed by atoms with Gasteiger partial charge in [-0.05, 0) is 30.5 Å². The van der Waals surface area contributed by atoms with Crippen LogP contribution in [0.1, 0.15) is 24.0 Å². The van der Waals surface area contributed by atoms with Crippen molar-refractivity contribution in [3.05, 3.63) is 59.8 Å². The predicted octanol–water partition coefficient (Wildman–Crippen LogP) is 3.82. The van der Waals surface area contributed by atoms with Gasteiger partial charge in [0.2, 0.25) is 5.91 Å². The third-order valence-corrected chi connectivity index (χ3v) is 4.49. The average molecular weight is 352 g/mol. The zero-order valence-electron chi connectivity index (χ0n) is 15.2. The lowest BCUT2D eigenvalue weighted by atomic mass is 10.1. The number of rotatable bonds is 8. The average Bonchev–Trinajstić information content (AvgIpc) is 3.09. The fraction of sp³-hybridized carbons (Fsp3) is 0.286. The van der Waals surface area contributed by atoms with Crippen LogP contribution in [0.3, 0.4) is 0 Å². The van der Waals surface area contributed by atoms with E-state index in [-0.39, 0.29) is 5.91 Å². The molecular formula is C21H24N2O3. The first kappa shape index (κ1) is 17.9. The number of aromatic nitrogens is 1. The predicted molar refractivity (Wildman–Crippen MR) is 103 cm³/mol. The number of H-pyrrole nitrogens is 1. The summed E-state index contributed by atoms with van der Waals surface area (Å²) in [6.07, 6.45) is 4.21. The molecule has 5 nitrogen and oxygen atoms in total. The van der Waals surface area contributed by atoms with E-state index in [4.69, 9.17) is 9.47 Å². The number of fused-ring (bicyclic) bond motifs is 1. The summed E-state index contributed by atoms with van der Waals surface area (Å²) in [5, 5.41) is 4.19. The quantitative estimate of drug-likeness (QED) is 0.648. The Morgan fingerprint density at radius 1 is 1.04 bits per heavy atom. The van der Waals surface area contributed by atoms with Crippen molar-refractivity contribution in [2.75, 3.05) is 14.2 Å². The standard InChI is InChI=1S/C21H24N2O3/c1-25-19-11-5-8-16(21(19)26-2)14-23-20(24)12-6-7-15-13-22-18-10-4-3-9-17(15)18/h3-5,8-11,13,22H,6-7,12,14H2,1-2H3,(H,23,24). The van der Waals surface area contributed by atoms with Crippen LogP contribution in [0.25, 0.3) is 10.9 Å². The van der Waals surface area contributed by atoms with Crippen LogP contribution in [0.4, 0.5) is 0 Å². The van der Waals surface area contributed by atoms with E-state index >= 15 is 0 Å². The van der Waals surface area contributed by atoms with E-state index in [9.17, 15) is 4.79 Å². The number of hydrogen-bond donors (Lipinski definition) is 2. The van der Waals surface area contributed by atoms with Crippen LogP contribution in [-0.2, 0) is 17.8 Å². The Morgan fingerprint density at radius 3 is 2.69 bits per heavy atom. The summed E-state index contributed by atoms with van der Waals surface area (Å²) in [5.74, 6) is 1.36. The number of nitrogens with one attached hydrogen (secondary N) is 2. The number of aromatic amines is 1. The fourth-order valence-corrected chi connectivity index (χ4v) is 3.15. The summed E-state index contributed by atoms with van der Waals surface area (Å²) in [7, 11) is 3.20. The van der Waals surface area contributed by atoms with Crippen LogP contribution in [-0.4, -0.2) is 25.1 Å². The molecule has 0 bridgehead atoms. The molecule has 0 fully saturated rings. The van der Waals surface area contributed by atoms with Gasteiger partial charge in [-0.25, -0.2) is 0 Å². The molecule has 0 atom stereocenters. The van der Waals surface area contributed by atoms with Crippen molar-refractivity contribution in [3.63, 3.8) is 0 Å². The van der Waals surface area contributed by atoms with Crippen molar-refractivity contribution in [1.29, 1.82) is 0 Å². The maximum atomic E-state index is 12.2. The number of carbonyl (C=O) groups excluding carboxylic acids is 1. The maximum absolute atomic E-state index is 12.2. The van der Waals surface area contributed by atoms with Gasteiger partial charge in [-0.3, -0.25) is 4.79 Å². The van der Waals surface area contributed by atoms with Gasteiger partial charge < -0.3 is 19.8 Å². The Labute approximate surface area is 153 Å². The summed E-state index contributed by atoms with van der Waals surface area (Å²) in [4.78, 5) is 15.4. The highest BCUT2D eigenvalue weighted by molar-refractivity contribution is 5.83. The van der Waals surface area contributed by atoms with Crippen molar-refractivity contribution in [3.8, 4) is 11.5 Å². The lowest BCUT2D eigenvalue weighted by Crippen LogP contribution is -2.22. The zero-order valence-corrected chi connectivity index (χ0v) is 15.2. The first-order valence-corrected chi connectivity index (χ1v) is 8.74. The van der Waals surface area contributed by atoms with Gasteiger partial charge in [-0.2, -0.15) is 0 Å². The molecule has 2 aromatic carbocycles. The van der Waals surface area contributed by atoms with E-state index in [0.717, 1.165) is 23.9 Å². The van der Waals surface area contributed by atoms with E-state index < -0.39 is 0 Å². The highest BCUT2D eigenvalue weighted by Gasteiger charge is 2.11. The lowest BCUT2D eigenvalue weighted by molar-refractivity contribution is -0.121. The molecule has 0 aliphatic carbocycles. The normalized spacial score (nSPS) is 10.7. The highest BCUT2D eigenvalue weighted by atomic mass is 16.5. The van der Waals surface area contributed by atoms with E-state index in [0.29, 0.717) is 24.5 Å². The molecule has 0 aliphatic heterocycles. The SMILES string of the molecule is COc1cccc(CNC(=O)CCCc2c[nH]c3ccccc23)c1OC. The van der Waals surface area contributed by atoms with Crippen molar-refractivity contribution in [2.24, 2.45) is 0 Å². The molecule has 3 aromatic rings. The summed E-state index contributed by atoms with van der Waals surface area (Å²) < 4.78 is 10.7. The Hall–Kier alpha value is -2.95. The molecule has 0 aliphatic rings. The minimum Gasteiger partial charge on any atom is -0.493 e. The summed E-state index contributed by atoms with van der Waals surface area (Å²) >= 11 is 0. The topological polar surface area (TPSA) is 63.3 Å². The second kappa shape index (κ2) is 8.43. The Kier molecular flexibility index (Phi) is 5.79. The number of para-hydroxylation sites is 2. The molecule has 0 saturated carbocycles. The molecule has 136 valence electrons. The fourth-order valence-electron chi connectivity index (χ4n) is 3.15. The first-order valence-electron chi connectivity index (χ1n) is 8.74. The monoisotopic (exact) mass is 352 g/mol. The molecule has 3 rings (SSSR count).